The van der Waals surface area contributed by atoms with Crippen LogP contribution in [-0.2, 0) is 11.3 Å². The van der Waals surface area contributed by atoms with Gasteiger partial charge in [0.05, 0.1) is 0 Å². The molecule has 0 spiro atoms. The average molecular weight is 454 g/mol. The Morgan fingerprint density at radius 3 is 2.28 bits per heavy atom. The van der Waals surface area contributed by atoms with Crippen molar-refractivity contribution in [2.24, 2.45) is 5.92 Å². The molecule has 2 aromatic rings. The quantitative estimate of drug-likeness (QED) is 0.677. The van der Waals surface area contributed by atoms with Gasteiger partial charge in [0, 0.05) is 49.2 Å². The predicted octanol–water partition coefficient (Wildman–Crippen LogP) is 4.32. The van der Waals surface area contributed by atoms with Crippen molar-refractivity contribution < 1.29 is 9.59 Å². The van der Waals surface area contributed by atoms with Crippen LogP contribution in [0.3, 0.4) is 0 Å². The van der Waals surface area contributed by atoms with Crippen LogP contribution >= 0.6 is 11.6 Å². The number of carbonyl (C=O) groups is 2. The largest absolute Gasteiger partial charge is 0.341 e. The minimum Gasteiger partial charge on any atom is -0.341 e. The van der Waals surface area contributed by atoms with Crippen LogP contribution in [0.4, 0.5) is 0 Å². The van der Waals surface area contributed by atoms with Gasteiger partial charge in [0.15, 0.2) is 0 Å². The SMILES string of the molecule is CN(Cc1ccccc1)C(=O)C1CCN(C2CCN(C(=O)c3cccc(Cl)c3)CC2)CC1. The van der Waals surface area contributed by atoms with Crippen molar-refractivity contribution >= 4 is 23.4 Å². The van der Waals surface area contributed by atoms with Gasteiger partial charge in [0.2, 0.25) is 5.91 Å². The molecular weight excluding hydrogens is 422 g/mol. The number of rotatable bonds is 5. The van der Waals surface area contributed by atoms with Gasteiger partial charge in [-0.15, -0.1) is 0 Å². The van der Waals surface area contributed by atoms with E-state index in [9.17, 15) is 9.59 Å². The molecule has 0 atom stereocenters. The molecule has 0 radical (unpaired) electrons. The Morgan fingerprint density at radius 1 is 0.938 bits per heavy atom. The summed E-state index contributed by atoms with van der Waals surface area (Å²) in [6, 6.07) is 17.8. The molecule has 2 aliphatic heterocycles. The number of halogens is 1. The second-order valence-electron chi connectivity index (χ2n) is 9.02. The first kappa shape index (κ1) is 22.8. The topological polar surface area (TPSA) is 43.9 Å². The van der Waals surface area contributed by atoms with Gasteiger partial charge in [-0.1, -0.05) is 48.0 Å². The molecule has 2 saturated heterocycles. The second-order valence-corrected chi connectivity index (χ2v) is 9.46. The van der Waals surface area contributed by atoms with E-state index < -0.39 is 0 Å². The Labute approximate surface area is 195 Å². The van der Waals surface area contributed by atoms with E-state index in [0.717, 1.165) is 51.9 Å². The van der Waals surface area contributed by atoms with Gasteiger partial charge in [0.25, 0.3) is 5.91 Å². The molecular formula is C26H32ClN3O2. The normalized spacial score (nSPS) is 18.5. The fraction of sp³-hybridized carbons (Fsp3) is 0.462. The lowest BCUT2D eigenvalue weighted by Gasteiger charge is -2.42. The molecule has 0 aliphatic carbocycles. The second kappa shape index (κ2) is 10.5. The van der Waals surface area contributed by atoms with Crippen molar-refractivity contribution in [2.45, 2.75) is 38.3 Å². The summed E-state index contributed by atoms with van der Waals surface area (Å²) < 4.78 is 0. The maximum Gasteiger partial charge on any atom is 0.253 e. The maximum atomic E-state index is 12.9. The number of carbonyl (C=O) groups excluding carboxylic acids is 2. The lowest BCUT2D eigenvalue weighted by atomic mass is 9.92. The monoisotopic (exact) mass is 453 g/mol. The number of hydrogen-bond donors (Lipinski definition) is 0. The van der Waals surface area contributed by atoms with Crippen LogP contribution < -0.4 is 0 Å². The number of piperidine rings is 2. The van der Waals surface area contributed by atoms with Crippen molar-refractivity contribution in [2.75, 3.05) is 33.2 Å². The van der Waals surface area contributed by atoms with E-state index >= 15 is 0 Å². The molecule has 0 saturated carbocycles. The van der Waals surface area contributed by atoms with E-state index in [2.05, 4.69) is 17.0 Å². The minimum atomic E-state index is 0.0664. The van der Waals surface area contributed by atoms with Gasteiger partial charge < -0.3 is 14.7 Å². The molecule has 0 bridgehead atoms. The van der Waals surface area contributed by atoms with Gasteiger partial charge in [-0.25, -0.2) is 0 Å². The van der Waals surface area contributed by atoms with Crippen LogP contribution in [0.15, 0.2) is 54.6 Å². The highest BCUT2D eigenvalue weighted by molar-refractivity contribution is 6.30. The zero-order chi connectivity index (χ0) is 22.5. The number of likely N-dealkylation sites (tertiary alicyclic amines) is 2. The van der Waals surface area contributed by atoms with Crippen LogP contribution in [0.25, 0.3) is 0 Å². The van der Waals surface area contributed by atoms with Crippen molar-refractivity contribution in [1.29, 1.82) is 0 Å². The zero-order valence-electron chi connectivity index (χ0n) is 18.8. The van der Waals surface area contributed by atoms with Crippen LogP contribution in [0.5, 0.6) is 0 Å². The van der Waals surface area contributed by atoms with Crippen LogP contribution in [0, 0.1) is 5.92 Å². The Morgan fingerprint density at radius 2 is 1.62 bits per heavy atom. The number of hydrogen-bond acceptors (Lipinski definition) is 3. The smallest absolute Gasteiger partial charge is 0.253 e. The first-order chi connectivity index (χ1) is 15.5. The Kier molecular flexibility index (Phi) is 7.48. The summed E-state index contributed by atoms with van der Waals surface area (Å²) in [4.78, 5) is 32.0. The molecule has 2 fully saturated rings. The summed E-state index contributed by atoms with van der Waals surface area (Å²) in [5.41, 5.74) is 1.83. The van der Waals surface area contributed by atoms with Gasteiger partial charge in [-0.05, 0) is 62.5 Å². The third-order valence-corrected chi connectivity index (χ3v) is 7.09. The zero-order valence-corrected chi connectivity index (χ0v) is 19.5. The molecule has 5 nitrogen and oxygen atoms in total. The van der Waals surface area contributed by atoms with Crippen molar-refractivity contribution in [3.8, 4) is 0 Å². The van der Waals surface area contributed by atoms with E-state index in [4.69, 9.17) is 11.6 Å². The van der Waals surface area contributed by atoms with Gasteiger partial charge in [0.1, 0.15) is 0 Å². The molecule has 2 amide bonds. The Balaban J connectivity index is 1.23. The molecule has 0 unspecified atom stereocenters. The number of amides is 2. The Hall–Kier alpha value is -2.37. The number of nitrogens with zero attached hydrogens (tertiary/aromatic N) is 3. The third-order valence-electron chi connectivity index (χ3n) is 6.86. The van der Waals surface area contributed by atoms with Crippen LogP contribution in [0.1, 0.15) is 41.6 Å². The van der Waals surface area contributed by atoms with Gasteiger partial charge in [-0.3, -0.25) is 9.59 Å². The molecule has 170 valence electrons. The van der Waals surface area contributed by atoms with Crippen LogP contribution in [0.2, 0.25) is 5.02 Å². The molecule has 6 heteroatoms. The molecule has 0 aromatic heterocycles. The minimum absolute atomic E-state index is 0.0664. The van der Waals surface area contributed by atoms with E-state index in [0.29, 0.717) is 23.2 Å². The summed E-state index contributed by atoms with van der Waals surface area (Å²) in [5.74, 6) is 0.441. The maximum absolute atomic E-state index is 12.9. The highest BCUT2D eigenvalue weighted by Gasteiger charge is 2.32. The highest BCUT2D eigenvalue weighted by Crippen LogP contribution is 2.26. The summed E-state index contributed by atoms with van der Waals surface area (Å²) in [5, 5.41) is 0.595. The van der Waals surface area contributed by atoms with E-state index in [1.807, 2.05) is 47.2 Å². The average Bonchev–Trinajstić information content (AvgIpc) is 2.84. The van der Waals surface area contributed by atoms with E-state index in [-0.39, 0.29) is 17.7 Å². The van der Waals surface area contributed by atoms with Gasteiger partial charge >= 0.3 is 0 Å². The summed E-state index contributed by atoms with van der Waals surface area (Å²) >= 11 is 6.04. The first-order valence-electron chi connectivity index (χ1n) is 11.6. The molecule has 0 N–H and O–H groups in total. The van der Waals surface area contributed by atoms with Crippen LogP contribution in [-0.4, -0.2) is 65.8 Å². The molecule has 2 heterocycles. The van der Waals surface area contributed by atoms with Crippen molar-refractivity contribution in [1.82, 2.24) is 14.7 Å². The standard InChI is InChI=1S/C26H32ClN3O2/c1-28(19-20-6-3-2-4-7-20)25(31)21-10-14-29(15-11-21)24-12-16-30(17-13-24)26(32)22-8-5-9-23(27)18-22/h2-9,18,21,24H,10-17,19H2,1H3. The third kappa shape index (κ3) is 5.51. The summed E-state index contributed by atoms with van der Waals surface area (Å²) in [6.07, 6.45) is 3.80. The van der Waals surface area contributed by atoms with Crippen molar-refractivity contribution in [3.05, 3.63) is 70.7 Å². The first-order valence-corrected chi connectivity index (χ1v) is 12.0. The fourth-order valence-electron chi connectivity index (χ4n) is 5.00. The Bertz CT molecular complexity index is 920. The van der Waals surface area contributed by atoms with E-state index in [1.165, 1.54) is 5.56 Å². The number of benzene rings is 2. The summed E-state index contributed by atoms with van der Waals surface area (Å²) in [7, 11) is 1.91. The van der Waals surface area contributed by atoms with Gasteiger partial charge in [-0.2, -0.15) is 0 Å². The summed E-state index contributed by atoms with van der Waals surface area (Å²) in [6.45, 7) is 4.13. The lowest BCUT2D eigenvalue weighted by Crippen LogP contribution is -2.50. The fourth-order valence-corrected chi connectivity index (χ4v) is 5.19. The lowest BCUT2D eigenvalue weighted by molar-refractivity contribution is -0.136. The predicted molar refractivity (Wildman–Crippen MR) is 128 cm³/mol. The molecule has 2 aliphatic rings. The highest BCUT2D eigenvalue weighted by atomic mass is 35.5. The molecule has 32 heavy (non-hydrogen) atoms. The molecule has 2 aromatic carbocycles. The molecule has 4 rings (SSSR count). The van der Waals surface area contributed by atoms with E-state index in [1.54, 1.807) is 12.1 Å². The van der Waals surface area contributed by atoms with Crippen molar-refractivity contribution in [3.63, 3.8) is 0 Å².